The fourth-order valence-electron chi connectivity index (χ4n) is 1.97. The van der Waals surface area contributed by atoms with Gasteiger partial charge in [0, 0.05) is 19.6 Å². The number of methoxy groups -OCH3 is 1. The number of nitrogens with one attached hydrogen (secondary N) is 1. The average molecular weight is 278 g/mol. The predicted molar refractivity (Wildman–Crippen MR) is 82.2 cm³/mol. The first-order valence-electron chi connectivity index (χ1n) is 7.13. The summed E-state index contributed by atoms with van der Waals surface area (Å²) in [5.74, 6) is 1.23. The van der Waals surface area contributed by atoms with E-state index in [0.29, 0.717) is 12.5 Å². The van der Waals surface area contributed by atoms with Gasteiger partial charge in [0.2, 0.25) is 0 Å². The van der Waals surface area contributed by atoms with Gasteiger partial charge in [-0.05, 0) is 30.9 Å². The summed E-state index contributed by atoms with van der Waals surface area (Å²) in [5.41, 5.74) is 1.12. The molecule has 1 atom stereocenters. The lowest BCUT2D eigenvalue weighted by molar-refractivity contribution is 0.202. The Hall–Kier alpha value is -1.71. The first-order chi connectivity index (χ1) is 9.49. The van der Waals surface area contributed by atoms with Gasteiger partial charge >= 0.3 is 6.03 Å². The van der Waals surface area contributed by atoms with Crippen molar-refractivity contribution in [3.05, 3.63) is 29.8 Å². The Morgan fingerprint density at radius 2 is 2.00 bits per heavy atom. The van der Waals surface area contributed by atoms with Crippen molar-refractivity contribution in [1.82, 2.24) is 10.2 Å². The minimum absolute atomic E-state index is 0.0268. The molecule has 0 fully saturated rings. The highest BCUT2D eigenvalue weighted by atomic mass is 16.5. The van der Waals surface area contributed by atoms with E-state index < -0.39 is 0 Å². The number of nitrogens with zero attached hydrogens (tertiary/aromatic N) is 1. The molecule has 20 heavy (non-hydrogen) atoms. The summed E-state index contributed by atoms with van der Waals surface area (Å²) in [7, 11) is 3.47. The van der Waals surface area contributed by atoms with Crippen LogP contribution in [-0.2, 0) is 6.42 Å². The van der Waals surface area contributed by atoms with Crippen LogP contribution in [0.1, 0.15) is 26.3 Å². The Bertz CT molecular complexity index is 432. The number of carbonyl (C=O) groups excluding carboxylic acids is 1. The number of carbonyl (C=O) groups is 1. The van der Waals surface area contributed by atoms with E-state index in [4.69, 9.17) is 4.74 Å². The summed E-state index contributed by atoms with van der Waals surface area (Å²) in [6, 6.07) is 8.01. The van der Waals surface area contributed by atoms with E-state index in [-0.39, 0.29) is 12.1 Å². The van der Waals surface area contributed by atoms with E-state index in [1.54, 1.807) is 19.1 Å². The second-order valence-electron chi connectivity index (χ2n) is 5.33. The number of para-hydroxylation sites is 1. The van der Waals surface area contributed by atoms with Gasteiger partial charge in [0.15, 0.2) is 0 Å². The monoisotopic (exact) mass is 278 g/mol. The summed E-state index contributed by atoms with van der Waals surface area (Å²) in [6.07, 6.45) is 0.769. The molecule has 1 N–H and O–H groups in total. The van der Waals surface area contributed by atoms with Gasteiger partial charge in [0.05, 0.1) is 7.11 Å². The zero-order valence-electron chi connectivity index (χ0n) is 13.1. The zero-order valence-corrected chi connectivity index (χ0v) is 13.1. The second kappa shape index (κ2) is 7.78. The summed E-state index contributed by atoms with van der Waals surface area (Å²) in [5, 5.41) is 3.10. The van der Waals surface area contributed by atoms with E-state index in [1.165, 1.54) is 0 Å². The molecule has 1 rings (SSSR count). The number of urea groups is 1. The number of rotatable bonds is 6. The fraction of sp³-hybridized carbons (Fsp3) is 0.562. The van der Waals surface area contributed by atoms with Gasteiger partial charge in [-0.3, -0.25) is 0 Å². The molecule has 0 aliphatic heterocycles. The zero-order chi connectivity index (χ0) is 15.1. The smallest absolute Gasteiger partial charge is 0.317 e. The van der Waals surface area contributed by atoms with Crippen molar-refractivity contribution in [2.45, 2.75) is 33.2 Å². The third-order valence-electron chi connectivity index (χ3n) is 3.57. The van der Waals surface area contributed by atoms with Crippen LogP contribution in [0.5, 0.6) is 5.75 Å². The van der Waals surface area contributed by atoms with Crippen LogP contribution in [0, 0.1) is 5.92 Å². The molecule has 0 radical (unpaired) electrons. The van der Waals surface area contributed by atoms with Gasteiger partial charge in [-0.1, -0.05) is 32.0 Å². The highest BCUT2D eigenvalue weighted by Gasteiger charge is 2.19. The number of ether oxygens (including phenoxy) is 1. The summed E-state index contributed by atoms with van der Waals surface area (Å²) in [6.45, 7) is 6.90. The molecule has 4 heteroatoms. The predicted octanol–water partition coefficient (Wildman–Crippen LogP) is 2.92. The van der Waals surface area contributed by atoms with Crippen LogP contribution < -0.4 is 10.1 Å². The third kappa shape index (κ3) is 4.44. The summed E-state index contributed by atoms with van der Waals surface area (Å²) >= 11 is 0. The van der Waals surface area contributed by atoms with Crippen molar-refractivity contribution in [2.75, 3.05) is 20.7 Å². The van der Waals surface area contributed by atoms with Crippen LogP contribution >= 0.6 is 0 Å². The maximum absolute atomic E-state index is 12.0. The fourth-order valence-corrected chi connectivity index (χ4v) is 1.97. The van der Waals surface area contributed by atoms with Crippen LogP contribution in [-0.4, -0.2) is 37.7 Å². The molecule has 0 saturated heterocycles. The Morgan fingerprint density at radius 1 is 1.35 bits per heavy atom. The number of amides is 2. The maximum Gasteiger partial charge on any atom is 0.317 e. The number of hydrogen-bond acceptors (Lipinski definition) is 2. The molecule has 0 saturated carbocycles. The molecule has 2 amide bonds. The minimum Gasteiger partial charge on any atom is -0.496 e. The molecule has 1 aromatic carbocycles. The van der Waals surface area contributed by atoms with Crippen molar-refractivity contribution in [1.29, 1.82) is 0 Å². The van der Waals surface area contributed by atoms with Gasteiger partial charge in [-0.15, -0.1) is 0 Å². The third-order valence-corrected chi connectivity index (χ3v) is 3.57. The van der Waals surface area contributed by atoms with Crippen molar-refractivity contribution in [2.24, 2.45) is 5.92 Å². The molecular weight excluding hydrogens is 252 g/mol. The molecule has 1 aromatic rings. The minimum atomic E-state index is -0.0268. The van der Waals surface area contributed by atoms with Crippen LogP contribution in [0.4, 0.5) is 4.79 Å². The Labute approximate surface area is 122 Å². The molecular formula is C16H26N2O2. The normalized spacial score (nSPS) is 12.1. The SMILES string of the molecule is CCN(C)C(=O)N[C@H](Cc1ccccc1OC)C(C)C. The second-order valence-corrected chi connectivity index (χ2v) is 5.33. The average Bonchev–Trinajstić information content (AvgIpc) is 2.45. The molecule has 0 bridgehead atoms. The standard InChI is InChI=1S/C16H26N2O2/c1-6-18(4)16(19)17-14(12(2)3)11-13-9-7-8-10-15(13)20-5/h7-10,12,14H,6,11H2,1-5H3,(H,17,19)/t14-/m1/s1. The van der Waals surface area contributed by atoms with E-state index in [0.717, 1.165) is 17.7 Å². The van der Waals surface area contributed by atoms with Gasteiger partial charge in [0.1, 0.15) is 5.75 Å². The van der Waals surface area contributed by atoms with Crippen molar-refractivity contribution in [3.8, 4) is 5.75 Å². The molecule has 0 spiro atoms. The Balaban J connectivity index is 2.80. The van der Waals surface area contributed by atoms with Gasteiger partial charge < -0.3 is 15.0 Å². The lowest BCUT2D eigenvalue weighted by Gasteiger charge is -2.26. The Morgan fingerprint density at radius 3 is 2.55 bits per heavy atom. The molecule has 0 aromatic heterocycles. The van der Waals surface area contributed by atoms with Crippen molar-refractivity contribution < 1.29 is 9.53 Å². The quantitative estimate of drug-likeness (QED) is 0.869. The summed E-state index contributed by atoms with van der Waals surface area (Å²) < 4.78 is 5.38. The van der Waals surface area contributed by atoms with Gasteiger partial charge in [-0.2, -0.15) is 0 Å². The van der Waals surface area contributed by atoms with E-state index in [9.17, 15) is 4.79 Å². The summed E-state index contributed by atoms with van der Waals surface area (Å²) in [4.78, 5) is 13.7. The number of benzene rings is 1. The molecule has 112 valence electrons. The first kappa shape index (κ1) is 16.3. The van der Waals surface area contributed by atoms with E-state index in [2.05, 4.69) is 19.2 Å². The van der Waals surface area contributed by atoms with Gasteiger partial charge in [-0.25, -0.2) is 4.79 Å². The first-order valence-corrected chi connectivity index (χ1v) is 7.13. The molecule has 0 aliphatic rings. The molecule has 0 unspecified atom stereocenters. The van der Waals surface area contributed by atoms with Crippen LogP contribution in [0.3, 0.4) is 0 Å². The Kier molecular flexibility index (Phi) is 6.36. The largest absolute Gasteiger partial charge is 0.496 e. The van der Waals surface area contributed by atoms with Gasteiger partial charge in [0.25, 0.3) is 0 Å². The van der Waals surface area contributed by atoms with Crippen molar-refractivity contribution >= 4 is 6.03 Å². The van der Waals surface area contributed by atoms with Crippen LogP contribution in [0.15, 0.2) is 24.3 Å². The lowest BCUT2D eigenvalue weighted by atomic mass is 9.96. The molecule has 0 heterocycles. The topological polar surface area (TPSA) is 41.6 Å². The van der Waals surface area contributed by atoms with Crippen LogP contribution in [0.2, 0.25) is 0 Å². The number of hydrogen-bond donors (Lipinski definition) is 1. The highest BCUT2D eigenvalue weighted by molar-refractivity contribution is 5.74. The van der Waals surface area contributed by atoms with Crippen molar-refractivity contribution in [3.63, 3.8) is 0 Å². The van der Waals surface area contributed by atoms with Crippen LogP contribution in [0.25, 0.3) is 0 Å². The van der Waals surface area contributed by atoms with E-state index in [1.807, 2.05) is 31.2 Å². The lowest BCUT2D eigenvalue weighted by Crippen LogP contribution is -2.46. The highest BCUT2D eigenvalue weighted by Crippen LogP contribution is 2.21. The molecule has 0 aliphatic carbocycles. The molecule has 4 nitrogen and oxygen atoms in total. The maximum atomic E-state index is 12.0. The van der Waals surface area contributed by atoms with E-state index >= 15 is 0 Å².